The summed E-state index contributed by atoms with van der Waals surface area (Å²) in [5, 5.41) is 13.7. The number of ether oxygens (including phenoxy) is 1. The molecule has 1 N–H and O–H groups in total. The fourth-order valence-electron chi connectivity index (χ4n) is 2.82. The molecule has 0 atom stereocenters. The maximum atomic E-state index is 12.2. The summed E-state index contributed by atoms with van der Waals surface area (Å²) < 4.78 is 12.2. The predicted molar refractivity (Wildman–Crippen MR) is 119 cm³/mol. The van der Waals surface area contributed by atoms with Gasteiger partial charge in [0.2, 0.25) is 5.89 Å². The fraction of sp³-hybridized carbons (Fsp3) is 0.0476. The van der Waals surface area contributed by atoms with Gasteiger partial charge in [0.15, 0.2) is 17.9 Å². The Morgan fingerprint density at radius 2 is 1.97 bits per heavy atom. The number of nitrogens with zero attached hydrogens (tertiary/aromatic N) is 2. The smallest absolute Gasteiger partial charge is 0.310 e. The highest BCUT2D eigenvalue weighted by Crippen LogP contribution is 2.28. The molecule has 4 aromatic rings. The number of carbonyl (C=O) groups excluding carboxylic acids is 1. The van der Waals surface area contributed by atoms with Crippen LogP contribution in [0.25, 0.3) is 22.6 Å². The van der Waals surface area contributed by atoms with E-state index in [0.29, 0.717) is 22.7 Å². The first-order chi connectivity index (χ1) is 14.5. The summed E-state index contributed by atoms with van der Waals surface area (Å²) in [5.41, 5.74) is 2.37. The Bertz CT molecular complexity index is 1250. The SMILES string of the molecule is O=C(COc1ccccc1[N+](=O)[O-])Nc1ccc2oc(-c3cccc(I)c3)nc2c1. The van der Waals surface area contributed by atoms with Crippen molar-refractivity contribution in [1.29, 1.82) is 0 Å². The van der Waals surface area contributed by atoms with Crippen LogP contribution >= 0.6 is 22.6 Å². The summed E-state index contributed by atoms with van der Waals surface area (Å²) in [4.78, 5) is 27.2. The van der Waals surface area contributed by atoms with Gasteiger partial charge in [0.1, 0.15) is 5.52 Å². The standard InChI is InChI=1S/C21H14IN3O5/c22-14-5-3-4-13(10-14)21-24-16-11-15(8-9-18(16)30-21)23-20(26)12-29-19-7-2-1-6-17(19)25(27)28/h1-11H,12H2,(H,23,26). The Kier molecular flexibility index (Phi) is 5.61. The van der Waals surface area contributed by atoms with Gasteiger partial charge in [-0.15, -0.1) is 0 Å². The number of carbonyl (C=O) groups is 1. The second-order valence-corrected chi connectivity index (χ2v) is 7.52. The first kappa shape index (κ1) is 19.8. The molecule has 1 amide bonds. The average Bonchev–Trinajstić information content (AvgIpc) is 3.16. The van der Waals surface area contributed by atoms with Crippen LogP contribution in [-0.4, -0.2) is 22.4 Å². The first-order valence-corrected chi connectivity index (χ1v) is 9.90. The van der Waals surface area contributed by atoms with Crippen LogP contribution in [0, 0.1) is 13.7 Å². The van der Waals surface area contributed by atoms with E-state index in [0.717, 1.165) is 9.13 Å². The number of hydrogen-bond donors (Lipinski definition) is 1. The minimum Gasteiger partial charge on any atom is -0.477 e. The van der Waals surface area contributed by atoms with Crippen molar-refractivity contribution in [3.8, 4) is 17.2 Å². The van der Waals surface area contributed by atoms with Crippen LogP contribution in [0.2, 0.25) is 0 Å². The van der Waals surface area contributed by atoms with Gasteiger partial charge in [-0.3, -0.25) is 14.9 Å². The lowest BCUT2D eigenvalue weighted by molar-refractivity contribution is -0.385. The fourth-order valence-corrected chi connectivity index (χ4v) is 3.36. The van der Waals surface area contributed by atoms with Crippen molar-refractivity contribution in [3.63, 3.8) is 0 Å². The number of benzene rings is 3. The van der Waals surface area contributed by atoms with E-state index in [9.17, 15) is 14.9 Å². The Morgan fingerprint density at radius 1 is 1.13 bits per heavy atom. The largest absolute Gasteiger partial charge is 0.477 e. The lowest BCUT2D eigenvalue weighted by Crippen LogP contribution is -2.20. The number of halogens is 1. The minimum absolute atomic E-state index is 0.0340. The van der Waals surface area contributed by atoms with E-state index < -0.39 is 10.8 Å². The molecule has 0 spiro atoms. The van der Waals surface area contributed by atoms with Gasteiger partial charge < -0.3 is 14.5 Å². The molecule has 0 saturated heterocycles. The molecule has 4 rings (SSSR count). The normalized spacial score (nSPS) is 10.7. The lowest BCUT2D eigenvalue weighted by Gasteiger charge is -2.07. The first-order valence-electron chi connectivity index (χ1n) is 8.82. The van der Waals surface area contributed by atoms with E-state index in [-0.39, 0.29) is 18.0 Å². The molecule has 8 nitrogen and oxygen atoms in total. The third-order valence-corrected chi connectivity index (χ3v) is 4.83. The second-order valence-electron chi connectivity index (χ2n) is 6.27. The van der Waals surface area contributed by atoms with Gasteiger partial charge in [-0.25, -0.2) is 4.98 Å². The van der Waals surface area contributed by atoms with E-state index >= 15 is 0 Å². The number of oxazole rings is 1. The second kappa shape index (κ2) is 8.49. The van der Waals surface area contributed by atoms with Gasteiger partial charge in [0, 0.05) is 20.9 Å². The molecule has 0 unspecified atom stereocenters. The highest BCUT2D eigenvalue weighted by Gasteiger charge is 2.15. The summed E-state index contributed by atoms with van der Waals surface area (Å²) in [5.74, 6) is 0.0762. The van der Waals surface area contributed by atoms with Crippen LogP contribution in [0.15, 0.2) is 71.1 Å². The number of rotatable bonds is 6. The molecule has 0 fully saturated rings. The summed E-state index contributed by atoms with van der Waals surface area (Å²) >= 11 is 2.22. The predicted octanol–water partition coefficient (Wildman–Crippen LogP) is 5.03. The van der Waals surface area contributed by atoms with Crippen LogP contribution in [0.5, 0.6) is 5.75 Å². The molecule has 0 aliphatic rings. The van der Waals surface area contributed by atoms with Crippen LogP contribution in [0.3, 0.4) is 0 Å². The van der Waals surface area contributed by atoms with Crippen molar-refractivity contribution in [1.82, 2.24) is 4.98 Å². The Morgan fingerprint density at radius 3 is 2.77 bits per heavy atom. The molecule has 0 aliphatic carbocycles. The van der Waals surface area contributed by atoms with Gasteiger partial charge in [0.05, 0.1) is 4.92 Å². The number of hydrogen-bond acceptors (Lipinski definition) is 6. The van der Waals surface area contributed by atoms with E-state index in [4.69, 9.17) is 9.15 Å². The summed E-state index contributed by atoms with van der Waals surface area (Å²) in [6.07, 6.45) is 0. The lowest BCUT2D eigenvalue weighted by atomic mass is 10.2. The van der Waals surface area contributed by atoms with Crippen LogP contribution in [0.1, 0.15) is 0 Å². The average molecular weight is 515 g/mol. The zero-order valence-electron chi connectivity index (χ0n) is 15.4. The van der Waals surface area contributed by atoms with Gasteiger partial charge in [-0.1, -0.05) is 18.2 Å². The van der Waals surface area contributed by atoms with Crippen molar-refractivity contribution >= 4 is 51.0 Å². The zero-order valence-corrected chi connectivity index (χ0v) is 17.5. The molecule has 0 saturated carbocycles. The molecule has 30 heavy (non-hydrogen) atoms. The molecule has 150 valence electrons. The monoisotopic (exact) mass is 515 g/mol. The number of amides is 1. The molecular formula is C21H14IN3O5. The number of aromatic nitrogens is 1. The molecule has 0 aliphatic heterocycles. The quantitative estimate of drug-likeness (QED) is 0.220. The minimum atomic E-state index is -0.558. The maximum absolute atomic E-state index is 12.2. The number of anilines is 1. The molecular weight excluding hydrogens is 501 g/mol. The molecule has 1 aromatic heterocycles. The van der Waals surface area contributed by atoms with E-state index in [1.807, 2.05) is 24.3 Å². The molecule has 0 radical (unpaired) electrons. The van der Waals surface area contributed by atoms with E-state index in [1.165, 1.54) is 18.2 Å². The summed E-state index contributed by atoms with van der Waals surface area (Å²) in [7, 11) is 0. The van der Waals surface area contributed by atoms with Crippen molar-refractivity contribution in [2.45, 2.75) is 0 Å². The van der Waals surface area contributed by atoms with Crippen LogP contribution in [-0.2, 0) is 4.79 Å². The highest BCUT2D eigenvalue weighted by atomic mass is 127. The van der Waals surface area contributed by atoms with Gasteiger partial charge in [-0.2, -0.15) is 0 Å². The van der Waals surface area contributed by atoms with Crippen LogP contribution in [0.4, 0.5) is 11.4 Å². The molecule has 3 aromatic carbocycles. The molecule has 1 heterocycles. The molecule has 9 heteroatoms. The Hall–Kier alpha value is -3.47. The van der Waals surface area contributed by atoms with Gasteiger partial charge in [0.25, 0.3) is 5.91 Å². The van der Waals surface area contributed by atoms with Gasteiger partial charge in [-0.05, 0) is 65.1 Å². The van der Waals surface area contributed by atoms with Crippen molar-refractivity contribution < 1.29 is 18.9 Å². The third-order valence-electron chi connectivity index (χ3n) is 4.16. The van der Waals surface area contributed by atoms with Crippen molar-refractivity contribution in [2.75, 3.05) is 11.9 Å². The van der Waals surface area contributed by atoms with Crippen molar-refractivity contribution in [2.24, 2.45) is 0 Å². The number of nitro groups is 1. The Labute approximate surface area is 184 Å². The van der Waals surface area contributed by atoms with E-state index in [2.05, 4.69) is 32.9 Å². The maximum Gasteiger partial charge on any atom is 0.310 e. The third kappa shape index (κ3) is 4.40. The number of nitro benzene ring substituents is 1. The zero-order chi connectivity index (χ0) is 21.1. The van der Waals surface area contributed by atoms with Crippen molar-refractivity contribution in [3.05, 3.63) is 80.4 Å². The Balaban J connectivity index is 1.46. The summed E-state index contributed by atoms with van der Waals surface area (Å²) in [6.45, 7) is -0.366. The number of nitrogens with one attached hydrogen (secondary N) is 1. The van der Waals surface area contributed by atoms with E-state index in [1.54, 1.807) is 24.3 Å². The highest BCUT2D eigenvalue weighted by molar-refractivity contribution is 14.1. The van der Waals surface area contributed by atoms with Crippen LogP contribution < -0.4 is 10.1 Å². The number of fused-ring (bicyclic) bond motifs is 1. The topological polar surface area (TPSA) is 108 Å². The number of para-hydroxylation sites is 2. The van der Waals surface area contributed by atoms with Gasteiger partial charge >= 0.3 is 5.69 Å². The summed E-state index contributed by atoms with van der Waals surface area (Å²) in [6, 6.07) is 18.8. The molecule has 0 bridgehead atoms.